The molecular formula is C20H24O2. The number of aryl methyl sites for hydroxylation is 1. The lowest BCUT2D eigenvalue weighted by Gasteiger charge is -2.33. The first-order valence-electron chi connectivity index (χ1n) is 8.12. The molecule has 1 unspecified atom stereocenters. The third-order valence-electron chi connectivity index (χ3n) is 5.20. The van der Waals surface area contributed by atoms with Crippen LogP contribution in [0, 0.1) is 0 Å². The summed E-state index contributed by atoms with van der Waals surface area (Å²) in [5.74, 6) is 1.29. The Labute approximate surface area is 132 Å². The third-order valence-corrected chi connectivity index (χ3v) is 5.20. The Kier molecular flexibility index (Phi) is 4.10. The van der Waals surface area contributed by atoms with Gasteiger partial charge in [-0.25, -0.2) is 0 Å². The van der Waals surface area contributed by atoms with Crippen molar-refractivity contribution in [2.75, 3.05) is 7.11 Å². The zero-order chi connectivity index (χ0) is 15.6. The molecule has 116 valence electrons. The number of benzene rings is 2. The van der Waals surface area contributed by atoms with Gasteiger partial charge in [0.15, 0.2) is 0 Å². The van der Waals surface area contributed by atoms with Crippen molar-refractivity contribution < 1.29 is 9.84 Å². The maximum atomic E-state index is 9.73. The Morgan fingerprint density at radius 1 is 1.09 bits per heavy atom. The van der Waals surface area contributed by atoms with Gasteiger partial charge < -0.3 is 9.84 Å². The Hall–Kier alpha value is -1.96. The summed E-state index contributed by atoms with van der Waals surface area (Å²) in [5.41, 5.74) is 4.28. The van der Waals surface area contributed by atoms with Gasteiger partial charge in [-0.2, -0.15) is 0 Å². The second-order valence-electron chi connectivity index (χ2n) is 6.35. The molecule has 0 aliphatic heterocycles. The second kappa shape index (κ2) is 6.04. The largest absolute Gasteiger partial charge is 0.508 e. The van der Waals surface area contributed by atoms with E-state index in [1.54, 1.807) is 7.11 Å². The first-order chi connectivity index (χ1) is 10.7. The number of aromatic hydroxyl groups is 1. The summed E-state index contributed by atoms with van der Waals surface area (Å²) in [6, 6.07) is 14.4. The smallest absolute Gasteiger partial charge is 0.118 e. The van der Waals surface area contributed by atoms with Crippen LogP contribution in [0.25, 0.3) is 0 Å². The molecule has 2 heteroatoms. The normalized spacial score (nSPS) is 21.0. The lowest BCUT2D eigenvalue weighted by molar-refractivity contribution is 0.373. The lowest BCUT2D eigenvalue weighted by Crippen LogP contribution is -2.27. The average molecular weight is 296 g/mol. The molecule has 1 aliphatic carbocycles. The Bertz CT molecular complexity index is 645. The van der Waals surface area contributed by atoms with Crippen LogP contribution in [0.2, 0.25) is 0 Å². The zero-order valence-corrected chi connectivity index (χ0v) is 13.4. The molecule has 0 saturated carbocycles. The minimum absolute atomic E-state index is 0.189. The van der Waals surface area contributed by atoms with Crippen molar-refractivity contribution in [1.29, 1.82) is 0 Å². The fourth-order valence-corrected chi connectivity index (χ4v) is 3.78. The van der Waals surface area contributed by atoms with Crippen LogP contribution in [0.5, 0.6) is 11.5 Å². The van der Waals surface area contributed by atoms with E-state index < -0.39 is 0 Å². The number of methoxy groups -OCH3 is 1. The van der Waals surface area contributed by atoms with E-state index in [9.17, 15) is 5.11 Å². The summed E-state index contributed by atoms with van der Waals surface area (Å²) >= 11 is 0. The molecule has 0 amide bonds. The van der Waals surface area contributed by atoms with E-state index in [0.29, 0.717) is 5.75 Å². The number of ether oxygens (including phenoxy) is 1. The van der Waals surface area contributed by atoms with Crippen LogP contribution >= 0.6 is 0 Å². The number of rotatable bonds is 3. The SMILES string of the molecule is CCC1(c2ccc(OC)cc2)CCCc2cc(O)ccc2C1. The molecule has 0 aromatic heterocycles. The van der Waals surface area contributed by atoms with Gasteiger partial charge in [-0.15, -0.1) is 0 Å². The third kappa shape index (κ3) is 2.70. The van der Waals surface area contributed by atoms with Crippen molar-refractivity contribution in [3.63, 3.8) is 0 Å². The van der Waals surface area contributed by atoms with Crippen LogP contribution in [-0.4, -0.2) is 12.2 Å². The maximum Gasteiger partial charge on any atom is 0.118 e. The molecule has 2 nitrogen and oxygen atoms in total. The van der Waals surface area contributed by atoms with Crippen LogP contribution in [0.1, 0.15) is 42.9 Å². The standard InChI is InChI=1S/C20H24O2/c1-3-20(17-7-10-19(22-2)11-8-17)12-4-5-15-13-18(21)9-6-16(15)14-20/h6-11,13,21H,3-5,12,14H2,1-2H3. The molecule has 0 heterocycles. The molecule has 2 aromatic carbocycles. The van der Waals surface area contributed by atoms with E-state index >= 15 is 0 Å². The average Bonchev–Trinajstić information content (AvgIpc) is 2.74. The van der Waals surface area contributed by atoms with Crippen molar-refractivity contribution >= 4 is 0 Å². The highest BCUT2D eigenvalue weighted by atomic mass is 16.5. The first kappa shape index (κ1) is 15.0. The molecule has 1 N–H and O–H groups in total. The van der Waals surface area contributed by atoms with Crippen LogP contribution < -0.4 is 4.74 Å². The fourth-order valence-electron chi connectivity index (χ4n) is 3.78. The quantitative estimate of drug-likeness (QED) is 0.837. The Morgan fingerprint density at radius 3 is 2.55 bits per heavy atom. The predicted molar refractivity (Wildman–Crippen MR) is 89.7 cm³/mol. The van der Waals surface area contributed by atoms with E-state index in [4.69, 9.17) is 4.74 Å². The first-order valence-corrected chi connectivity index (χ1v) is 8.12. The second-order valence-corrected chi connectivity index (χ2v) is 6.35. The highest BCUT2D eigenvalue weighted by Gasteiger charge is 2.33. The van der Waals surface area contributed by atoms with Crippen LogP contribution in [0.3, 0.4) is 0 Å². The molecule has 0 radical (unpaired) electrons. The highest BCUT2D eigenvalue weighted by molar-refractivity contribution is 5.40. The molecule has 1 atom stereocenters. The van der Waals surface area contributed by atoms with E-state index in [1.165, 1.54) is 23.1 Å². The maximum absolute atomic E-state index is 9.73. The zero-order valence-electron chi connectivity index (χ0n) is 13.4. The summed E-state index contributed by atoms with van der Waals surface area (Å²) in [6.07, 6.45) is 5.58. The van der Waals surface area contributed by atoms with Crippen molar-refractivity contribution in [3.05, 3.63) is 59.2 Å². The van der Waals surface area contributed by atoms with Crippen molar-refractivity contribution in [2.45, 2.75) is 44.4 Å². The summed E-state index contributed by atoms with van der Waals surface area (Å²) < 4.78 is 5.29. The Balaban J connectivity index is 1.99. The lowest BCUT2D eigenvalue weighted by atomic mass is 9.71. The van der Waals surface area contributed by atoms with Gasteiger partial charge in [0.25, 0.3) is 0 Å². The minimum Gasteiger partial charge on any atom is -0.508 e. The number of phenols is 1. The van der Waals surface area contributed by atoms with Gasteiger partial charge in [0.2, 0.25) is 0 Å². The molecule has 0 fully saturated rings. The predicted octanol–water partition coefficient (Wildman–Crippen LogP) is 4.63. The van der Waals surface area contributed by atoms with E-state index in [-0.39, 0.29) is 5.41 Å². The highest BCUT2D eigenvalue weighted by Crippen LogP contribution is 2.41. The summed E-state index contributed by atoms with van der Waals surface area (Å²) in [6.45, 7) is 2.29. The van der Waals surface area contributed by atoms with Gasteiger partial charge in [-0.05, 0) is 78.5 Å². The summed E-state index contributed by atoms with van der Waals surface area (Å²) in [7, 11) is 1.71. The van der Waals surface area contributed by atoms with Gasteiger partial charge in [-0.3, -0.25) is 0 Å². The summed E-state index contributed by atoms with van der Waals surface area (Å²) in [4.78, 5) is 0. The Morgan fingerprint density at radius 2 is 1.86 bits per heavy atom. The minimum atomic E-state index is 0.189. The molecule has 1 aliphatic rings. The number of hydrogen-bond donors (Lipinski definition) is 1. The van der Waals surface area contributed by atoms with Crippen molar-refractivity contribution in [1.82, 2.24) is 0 Å². The van der Waals surface area contributed by atoms with Gasteiger partial charge in [-0.1, -0.05) is 25.1 Å². The van der Waals surface area contributed by atoms with Crippen molar-refractivity contribution in [3.8, 4) is 11.5 Å². The number of hydrogen-bond acceptors (Lipinski definition) is 2. The fraction of sp³-hybridized carbons (Fsp3) is 0.400. The number of phenolic OH excluding ortho intramolecular Hbond substituents is 1. The van der Waals surface area contributed by atoms with Gasteiger partial charge in [0.1, 0.15) is 11.5 Å². The molecule has 0 bridgehead atoms. The van der Waals surface area contributed by atoms with Crippen LogP contribution in [0.4, 0.5) is 0 Å². The van der Waals surface area contributed by atoms with Crippen LogP contribution in [0.15, 0.2) is 42.5 Å². The molecule has 22 heavy (non-hydrogen) atoms. The molecule has 0 saturated heterocycles. The molecule has 2 aromatic rings. The van der Waals surface area contributed by atoms with Gasteiger partial charge >= 0.3 is 0 Å². The van der Waals surface area contributed by atoms with Crippen LogP contribution in [-0.2, 0) is 18.3 Å². The number of fused-ring (bicyclic) bond motifs is 1. The van der Waals surface area contributed by atoms with E-state index in [2.05, 4.69) is 37.3 Å². The van der Waals surface area contributed by atoms with E-state index in [1.807, 2.05) is 12.1 Å². The monoisotopic (exact) mass is 296 g/mol. The van der Waals surface area contributed by atoms with Gasteiger partial charge in [0.05, 0.1) is 7.11 Å². The summed E-state index contributed by atoms with van der Waals surface area (Å²) in [5, 5.41) is 9.73. The van der Waals surface area contributed by atoms with Crippen molar-refractivity contribution in [2.24, 2.45) is 0 Å². The molecular weight excluding hydrogens is 272 g/mol. The topological polar surface area (TPSA) is 29.5 Å². The van der Waals surface area contributed by atoms with E-state index in [0.717, 1.165) is 31.4 Å². The molecule has 0 spiro atoms. The van der Waals surface area contributed by atoms with Gasteiger partial charge in [0, 0.05) is 0 Å². The molecule has 3 rings (SSSR count).